The number of aromatic hydroxyl groups is 1. The third-order valence-electron chi connectivity index (χ3n) is 8.41. The van der Waals surface area contributed by atoms with Gasteiger partial charge in [0.1, 0.15) is 11.6 Å². The number of amides is 3. The van der Waals surface area contributed by atoms with Crippen LogP contribution < -0.4 is 10.3 Å². The lowest BCUT2D eigenvalue weighted by atomic mass is 9.47. The van der Waals surface area contributed by atoms with E-state index in [2.05, 4.69) is 26.5 Å². The first-order chi connectivity index (χ1) is 19.8. The standard InChI is InChI=1S/C32H21BrFN3O4/c33-17-9-14-25(38)22(15-17)29(39)36-35-16-32-23-7-3-1-5-20(23)26(21-6-2-4-8-24(21)32)27-28(32)31(41)37(30(27)40)19-12-10-18(34)11-13-19/h1-16,26-28,38H,(H,36,39)/b35-16-/t26?,27-,28+,32?/m1/s1. The number of carbonyl (C=O) groups is 3. The fourth-order valence-electron chi connectivity index (χ4n) is 6.84. The van der Waals surface area contributed by atoms with E-state index < -0.39 is 34.9 Å². The van der Waals surface area contributed by atoms with E-state index in [4.69, 9.17) is 0 Å². The van der Waals surface area contributed by atoms with Crippen molar-refractivity contribution < 1.29 is 23.9 Å². The SMILES string of the molecule is O=C(N/N=C\C12c3ccccc3C(c3ccccc31)[C@H]1C(=O)N(c3ccc(F)cc3)C(=O)[C@H]12)c1cc(Br)ccc1O. The zero-order chi connectivity index (χ0) is 28.5. The first-order valence-corrected chi connectivity index (χ1v) is 13.8. The summed E-state index contributed by atoms with van der Waals surface area (Å²) in [5.74, 6) is -4.04. The number of nitrogens with zero attached hydrogens (tertiary/aromatic N) is 2. The van der Waals surface area contributed by atoms with Crippen molar-refractivity contribution in [2.24, 2.45) is 16.9 Å². The molecule has 2 bridgehead atoms. The highest BCUT2D eigenvalue weighted by molar-refractivity contribution is 9.10. The van der Waals surface area contributed by atoms with Crippen molar-refractivity contribution in [3.63, 3.8) is 0 Å². The largest absolute Gasteiger partial charge is 0.507 e. The quantitative estimate of drug-likeness (QED) is 0.187. The summed E-state index contributed by atoms with van der Waals surface area (Å²) in [7, 11) is 0. The van der Waals surface area contributed by atoms with Gasteiger partial charge in [-0.15, -0.1) is 0 Å². The summed E-state index contributed by atoms with van der Waals surface area (Å²) in [6.07, 6.45) is 1.55. The Morgan fingerprint density at radius 3 is 2.22 bits per heavy atom. The van der Waals surface area contributed by atoms with Crippen LogP contribution in [0.4, 0.5) is 10.1 Å². The summed E-state index contributed by atoms with van der Waals surface area (Å²) in [5, 5.41) is 14.6. The average Bonchev–Trinajstić information content (AvgIpc) is 3.25. The van der Waals surface area contributed by atoms with E-state index in [1.165, 1.54) is 36.4 Å². The normalized spacial score (nSPS) is 23.9. The maximum Gasteiger partial charge on any atom is 0.275 e. The maximum atomic E-state index is 14.3. The highest BCUT2D eigenvalue weighted by atomic mass is 79.9. The van der Waals surface area contributed by atoms with Crippen LogP contribution in [0.5, 0.6) is 5.75 Å². The van der Waals surface area contributed by atoms with Crippen molar-refractivity contribution >= 4 is 45.6 Å². The molecule has 1 saturated heterocycles. The van der Waals surface area contributed by atoms with Gasteiger partial charge in [-0.1, -0.05) is 64.5 Å². The van der Waals surface area contributed by atoms with Crippen LogP contribution in [0, 0.1) is 17.7 Å². The van der Waals surface area contributed by atoms with Crippen molar-refractivity contribution in [2.45, 2.75) is 11.3 Å². The van der Waals surface area contributed by atoms with Crippen LogP contribution in [0.3, 0.4) is 0 Å². The van der Waals surface area contributed by atoms with Gasteiger partial charge < -0.3 is 5.11 Å². The zero-order valence-electron chi connectivity index (χ0n) is 21.3. The molecule has 3 aliphatic carbocycles. The molecule has 1 heterocycles. The van der Waals surface area contributed by atoms with Crippen LogP contribution >= 0.6 is 15.9 Å². The molecule has 4 aliphatic rings. The van der Waals surface area contributed by atoms with E-state index in [-0.39, 0.29) is 23.1 Å². The number of hydrogen-bond acceptors (Lipinski definition) is 5. The molecule has 41 heavy (non-hydrogen) atoms. The molecule has 0 saturated carbocycles. The summed E-state index contributed by atoms with van der Waals surface area (Å²) < 4.78 is 14.3. The molecule has 3 amide bonds. The second-order valence-corrected chi connectivity index (χ2v) is 11.3. The van der Waals surface area contributed by atoms with E-state index >= 15 is 0 Å². The van der Waals surface area contributed by atoms with Crippen LogP contribution in [0.2, 0.25) is 0 Å². The predicted octanol–water partition coefficient (Wildman–Crippen LogP) is 5.26. The molecule has 4 aromatic carbocycles. The van der Waals surface area contributed by atoms with Gasteiger partial charge in [-0.3, -0.25) is 14.4 Å². The van der Waals surface area contributed by atoms with Crippen LogP contribution in [-0.2, 0) is 15.0 Å². The number of anilines is 1. The third kappa shape index (κ3) is 3.55. The Morgan fingerprint density at radius 1 is 0.927 bits per heavy atom. The van der Waals surface area contributed by atoms with Crippen LogP contribution in [0.15, 0.2) is 101 Å². The van der Waals surface area contributed by atoms with Crippen LogP contribution in [-0.4, -0.2) is 29.0 Å². The molecule has 1 fully saturated rings. The molecule has 0 aromatic heterocycles. The van der Waals surface area contributed by atoms with E-state index in [1.807, 2.05) is 48.5 Å². The summed E-state index contributed by atoms with van der Waals surface area (Å²) in [5.41, 5.74) is 5.13. The number of halogens is 2. The zero-order valence-corrected chi connectivity index (χ0v) is 22.9. The van der Waals surface area contributed by atoms with Gasteiger partial charge in [0.25, 0.3) is 5.91 Å². The van der Waals surface area contributed by atoms with E-state index in [9.17, 15) is 23.9 Å². The Hall–Kier alpha value is -4.63. The van der Waals surface area contributed by atoms with Gasteiger partial charge in [-0.2, -0.15) is 5.10 Å². The topological polar surface area (TPSA) is 99.1 Å². The molecule has 202 valence electrons. The molecule has 7 nitrogen and oxygen atoms in total. The lowest BCUT2D eigenvalue weighted by Gasteiger charge is -2.52. The second kappa shape index (κ2) is 9.21. The first-order valence-electron chi connectivity index (χ1n) is 13.0. The van der Waals surface area contributed by atoms with E-state index in [0.29, 0.717) is 10.2 Å². The number of nitrogens with one attached hydrogen (secondary N) is 1. The van der Waals surface area contributed by atoms with E-state index in [1.54, 1.807) is 12.3 Å². The Morgan fingerprint density at radius 2 is 1.56 bits per heavy atom. The number of phenols is 1. The molecule has 2 atom stereocenters. The van der Waals surface area contributed by atoms with Gasteiger partial charge in [-0.05, 0) is 64.7 Å². The third-order valence-corrected chi connectivity index (χ3v) is 8.90. The summed E-state index contributed by atoms with van der Waals surface area (Å²) in [6.45, 7) is 0. The minimum Gasteiger partial charge on any atom is -0.507 e. The Balaban J connectivity index is 1.40. The molecule has 4 aromatic rings. The number of hydrogen-bond donors (Lipinski definition) is 2. The van der Waals surface area contributed by atoms with Crippen molar-refractivity contribution in [2.75, 3.05) is 4.90 Å². The van der Waals surface area contributed by atoms with Gasteiger partial charge in [-0.25, -0.2) is 14.7 Å². The van der Waals surface area contributed by atoms with Crippen LogP contribution in [0.25, 0.3) is 0 Å². The molecular formula is C32H21BrFN3O4. The molecule has 9 heteroatoms. The average molecular weight is 610 g/mol. The minimum absolute atomic E-state index is 0.0228. The Labute approximate surface area is 242 Å². The van der Waals surface area contributed by atoms with Gasteiger partial charge in [0.2, 0.25) is 11.8 Å². The summed E-state index contributed by atoms with van der Waals surface area (Å²) in [4.78, 5) is 42.5. The second-order valence-electron chi connectivity index (χ2n) is 10.4. The predicted molar refractivity (Wildman–Crippen MR) is 153 cm³/mol. The monoisotopic (exact) mass is 609 g/mol. The molecule has 2 N–H and O–H groups in total. The van der Waals surface area contributed by atoms with Crippen molar-refractivity contribution in [1.82, 2.24) is 5.43 Å². The molecule has 1 aliphatic heterocycles. The number of imide groups is 1. The summed E-state index contributed by atoms with van der Waals surface area (Å²) >= 11 is 3.30. The summed E-state index contributed by atoms with van der Waals surface area (Å²) in [6, 6.07) is 25.1. The number of rotatable bonds is 4. The number of benzene rings is 4. The van der Waals surface area contributed by atoms with Gasteiger partial charge in [0, 0.05) is 16.6 Å². The maximum absolute atomic E-state index is 14.3. The first kappa shape index (κ1) is 25.3. The number of carbonyl (C=O) groups excluding carboxylic acids is 3. The Bertz CT molecular complexity index is 1760. The number of hydrazone groups is 1. The molecular weight excluding hydrogens is 589 g/mol. The van der Waals surface area contributed by atoms with Crippen LogP contribution in [0.1, 0.15) is 38.5 Å². The highest BCUT2D eigenvalue weighted by Crippen LogP contribution is 2.63. The highest BCUT2D eigenvalue weighted by Gasteiger charge is 2.68. The fourth-order valence-corrected chi connectivity index (χ4v) is 7.20. The smallest absolute Gasteiger partial charge is 0.275 e. The molecule has 0 spiro atoms. The van der Waals surface area contributed by atoms with Gasteiger partial charge in [0.05, 0.1) is 28.5 Å². The Kier molecular flexibility index (Phi) is 5.69. The molecule has 0 unspecified atom stereocenters. The number of phenolic OH excluding ortho intramolecular Hbond substituents is 1. The van der Waals surface area contributed by atoms with Crippen molar-refractivity contribution in [3.8, 4) is 5.75 Å². The lowest BCUT2D eigenvalue weighted by molar-refractivity contribution is -0.122. The van der Waals surface area contributed by atoms with Crippen molar-refractivity contribution in [1.29, 1.82) is 0 Å². The van der Waals surface area contributed by atoms with Gasteiger partial charge in [0.15, 0.2) is 0 Å². The van der Waals surface area contributed by atoms with Crippen molar-refractivity contribution in [3.05, 3.63) is 129 Å². The van der Waals surface area contributed by atoms with Gasteiger partial charge >= 0.3 is 0 Å². The molecule has 8 rings (SSSR count). The van der Waals surface area contributed by atoms with E-state index in [0.717, 1.165) is 27.2 Å². The lowest BCUT2D eigenvalue weighted by Crippen LogP contribution is -2.54. The minimum atomic E-state index is -1.18. The molecule has 0 radical (unpaired) electrons. The fraction of sp³-hybridized carbons (Fsp3) is 0.125.